The number of allylic oxidation sites excluding steroid dienone is 8. The molecule has 4 heteroatoms. The Balaban J connectivity index is 0.00000121. The average molecular weight is 531 g/mol. The van der Waals surface area contributed by atoms with Gasteiger partial charge in [0.25, 0.3) is 0 Å². The molecular weight excluding hydrogens is 499 g/mol. The van der Waals surface area contributed by atoms with Gasteiger partial charge in [-0.25, -0.2) is 0 Å². The second kappa shape index (κ2) is 9.64. The minimum atomic E-state index is -1.44. The van der Waals surface area contributed by atoms with E-state index in [4.69, 9.17) is 0 Å². The van der Waals surface area contributed by atoms with E-state index in [1.165, 1.54) is 12.8 Å². The van der Waals surface area contributed by atoms with Gasteiger partial charge in [0.2, 0.25) is 0 Å². The first kappa shape index (κ1) is 23.2. The van der Waals surface area contributed by atoms with E-state index < -0.39 is 28.6 Å². The molecule has 0 aromatic carbocycles. The zero-order chi connectivity index (χ0) is 16.8. The monoisotopic (exact) mass is 530 g/mol. The standard InChI is InChI=1S/2C10H13.C2H6Ge.2ClH.Zr/c2*1-8-6-9-4-2-3-5-10(9)7-8;1-3-2;;;/h2*2-6,8-10H,7H2,1H3;1-2H3;2*1H;/q;;;;;+2/p-2. The molecular formula is C22H32Cl2GeZr. The van der Waals surface area contributed by atoms with Crippen LogP contribution < -0.4 is 24.8 Å². The summed E-state index contributed by atoms with van der Waals surface area (Å²) in [5, 5.41) is 0. The van der Waals surface area contributed by atoms with Crippen LogP contribution in [0.2, 0.25) is 18.8 Å². The van der Waals surface area contributed by atoms with Gasteiger partial charge >= 0.3 is 158 Å². The molecule has 4 rings (SSSR count). The molecule has 0 saturated heterocycles. The summed E-state index contributed by atoms with van der Waals surface area (Å²) < 4.78 is 2.27. The van der Waals surface area contributed by atoms with E-state index in [0.717, 1.165) is 42.8 Å². The van der Waals surface area contributed by atoms with Crippen LogP contribution >= 0.6 is 0 Å². The van der Waals surface area contributed by atoms with Crippen LogP contribution in [0.3, 0.4) is 0 Å². The quantitative estimate of drug-likeness (QED) is 0.449. The van der Waals surface area contributed by atoms with Gasteiger partial charge in [-0.15, -0.1) is 0 Å². The van der Waals surface area contributed by atoms with Gasteiger partial charge in [-0.05, 0) is 0 Å². The van der Waals surface area contributed by atoms with E-state index in [1.807, 2.05) is 0 Å². The van der Waals surface area contributed by atoms with Crippen LogP contribution in [0.1, 0.15) is 26.7 Å². The first-order chi connectivity index (χ1) is 11.6. The third-order valence-electron chi connectivity index (χ3n) is 7.23. The molecule has 0 radical (unpaired) electrons. The summed E-state index contributed by atoms with van der Waals surface area (Å²) in [4.78, 5) is 0. The van der Waals surface area contributed by atoms with Crippen molar-refractivity contribution in [2.24, 2.45) is 35.5 Å². The molecule has 2 saturated carbocycles. The van der Waals surface area contributed by atoms with Crippen LogP contribution in [0.4, 0.5) is 0 Å². The van der Waals surface area contributed by atoms with E-state index in [9.17, 15) is 0 Å². The number of hydrogen-bond acceptors (Lipinski definition) is 0. The molecule has 0 spiro atoms. The van der Waals surface area contributed by atoms with Gasteiger partial charge in [0.15, 0.2) is 0 Å². The van der Waals surface area contributed by atoms with Crippen LogP contribution in [0.25, 0.3) is 0 Å². The summed E-state index contributed by atoms with van der Waals surface area (Å²) in [6, 6.07) is 0. The van der Waals surface area contributed by atoms with Crippen molar-refractivity contribution in [2.75, 3.05) is 0 Å². The molecule has 2 fully saturated rings. The Kier molecular flexibility index (Phi) is 8.62. The second-order valence-corrected chi connectivity index (χ2v) is 38.6. The molecule has 0 aromatic rings. The van der Waals surface area contributed by atoms with Crippen molar-refractivity contribution in [2.45, 2.75) is 45.5 Å². The number of rotatable bonds is 2. The first-order valence-corrected chi connectivity index (χ1v) is 24.4. The Morgan fingerprint density at radius 1 is 0.692 bits per heavy atom. The van der Waals surface area contributed by atoms with Gasteiger partial charge < -0.3 is 24.8 Å². The van der Waals surface area contributed by atoms with E-state index in [2.05, 4.69) is 74.0 Å². The SMILES string of the molecule is CC1CC2C=CC=CC2[CH]1[Zr+2]([CH]1C(C)CC2C=CC=CC21)=[Ge]([CH3])[CH3].[Cl-].[Cl-]. The fraction of sp³-hybridized carbons (Fsp3) is 0.636. The van der Waals surface area contributed by atoms with Crippen molar-refractivity contribution >= 4 is 9.98 Å². The average Bonchev–Trinajstić information content (AvgIpc) is 3.05. The summed E-state index contributed by atoms with van der Waals surface area (Å²) in [6.45, 7) is 5.22. The Morgan fingerprint density at radius 3 is 1.46 bits per heavy atom. The topological polar surface area (TPSA) is 0 Å². The fourth-order valence-corrected chi connectivity index (χ4v) is 46.7. The van der Waals surface area contributed by atoms with Crippen LogP contribution in [0.15, 0.2) is 48.6 Å². The number of halogens is 2. The number of fused-ring (bicyclic) bond motifs is 2. The molecule has 0 N–H and O–H groups in total. The Morgan fingerprint density at radius 2 is 1.08 bits per heavy atom. The molecule has 0 heterocycles. The largest absolute Gasteiger partial charge is 1.00 e. The molecule has 26 heavy (non-hydrogen) atoms. The molecule has 4 aliphatic carbocycles. The van der Waals surface area contributed by atoms with Gasteiger partial charge in [-0.1, -0.05) is 0 Å². The minimum Gasteiger partial charge on any atom is -1.00 e. The maximum atomic E-state index is 2.75. The molecule has 0 aromatic heterocycles. The summed E-state index contributed by atoms with van der Waals surface area (Å²) in [5.41, 5.74) is 0. The van der Waals surface area contributed by atoms with Crippen molar-refractivity contribution in [3.05, 3.63) is 48.6 Å². The predicted octanol–water partition coefficient (Wildman–Crippen LogP) is 0.237. The fourth-order valence-electron chi connectivity index (χ4n) is 6.41. The van der Waals surface area contributed by atoms with E-state index in [-0.39, 0.29) is 24.8 Å². The summed E-state index contributed by atoms with van der Waals surface area (Å²) >= 11 is -1.44. The zero-order valence-corrected chi connectivity index (χ0v) is 22.5. The van der Waals surface area contributed by atoms with Crippen LogP contribution in [-0.4, -0.2) is 9.98 Å². The van der Waals surface area contributed by atoms with Crippen molar-refractivity contribution in [1.82, 2.24) is 0 Å². The van der Waals surface area contributed by atoms with Crippen molar-refractivity contribution in [1.29, 1.82) is 0 Å². The molecule has 0 amide bonds. The van der Waals surface area contributed by atoms with Gasteiger partial charge in [-0.3, -0.25) is 0 Å². The Hall–Kier alpha value is 0.966. The second-order valence-electron chi connectivity index (χ2n) is 8.95. The van der Waals surface area contributed by atoms with Gasteiger partial charge in [0, 0.05) is 0 Å². The van der Waals surface area contributed by atoms with E-state index in [1.54, 1.807) is 0 Å². The predicted molar refractivity (Wildman–Crippen MR) is 103 cm³/mol. The third-order valence-corrected chi connectivity index (χ3v) is 40.9. The molecule has 4 aliphatic rings. The van der Waals surface area contributed by atoms with Crippen LogP contribution in [0.5, 0.6) is 0 Å². The van der Waals surface area contributed by atoms with Gasteiger partial charge in [0.05, 0.1) is 0 Å². The van der Waals surface area contributed by atoms with Crippen molar-refractivity contribution < 1.29 is 43.4 Å². The molecule has 8 atom stereocenters. The van der Waals surface area contributed by atoms with Crippen LogP contribution in [0, 0.1) is 35.5 Å². The molecule has 0 bridgehead atoms. The third kappa shape index (κ3) is 4.12. The molecule has 0 nitrogen and oxygen atoms in total. The maximum absolute atomic E-state index is 2.75. The summed E-state index contributed by atoms with van der Waals surface area (Å²) in [5.74, 6) is 11.0. The number of hydrogen-bond donors (Lipinski definition) is 0. The Bertz CT molecular complexity index is 609. The maximum Gasteiger partial charge on any atom is -1.00 e. The first-order valence-electron chi connectivity index (χ1n) is 9.95. The van der Waals surface area contributed by atoms with Gasteiger partial charge in [0.1, 0.15) is 0 Å². The van der Waals surface area contributed by atoms with Gasteiger partial charge in [-0.2, -0.15) is 0 Å². The summed E-state index contributed by atoms with van der Waals surface area (Å²) in [7, 11) is -0.821. The smallest absolute Gasteiger partial charge is 1.00 e. The minimum absolute atomic E-state index is 0. The molecule has 0 aliphatic heterocycles. The normalized spacial score (nSPS) is 41.5. The molecule has 142 valence electrons. The molecule has 8 unspecified atom stereocenters. The van der Waals surface area contributed by atoms with Crippen LogP contribution in [-0.2, 0) is 18.6 Å². The zero-order valence-electron chi connectivity index (χ0n) is 16.4. The summed E-state index contributed by atoms with van der Waals surface area (Å²) in [6.07, 6.45) is 22.6. The van der Waals surface area contributed by atoms with Crippen molar-refractivity contribution in [3.8, 4) is 0 Å². The Labute approximate surface area is 181 Å². The van der Waals surface area contributed by atoms with E-state index in [0.29, 0.717) is 0 Å². The van der Waals surface area contributed by atoms with Crippen molar-refractivity contribution in [3.63, 3.8) is 0 Å². The van der Waals surface area contributed by atoms with E-state index >= 15 is 0 Å².